The Labute approximate surface area is 206 Å². The van der Waals surface area contributed by atoms with Crippen LogP contribution >= 0.6 is 11.6 Å². The first-order chi connectivity index (χ1) is 16.9. The number of hydrogen-bond donors (Lipinski definition) is 2. The van der Waals surface area contributed by atoms with Gasteiger partial charge in [-0.3, -0.25) is 14.6 Å². The average molecular weight is 490 g/mol. The SMILES string of the molecule is Cn1ccc(-c2nc(N)c(C(=O)NCN3CCCCC3=O)nc2-c2cc(Cl)c3ncccc3c2)c1. The van der Waals surface area contributed by atoms with Crippen molar-refractivity contribution < 1.29 is 9.59 Å². The van der Waals surface area contributed by atoms with E-state index in [-0.39, 0.29) is 24.1 Å². The lowest BCUT2D eigenvalue weighted by molar-refractivity contribution is -0.133. The Balaban J connectivity index is 1.57. The molecule has 1 aromatic carbocycles. The molecule has 1 fully saturated rings. The predicted octanol–water partition coefficient (Wildman–Crippen LogP) is 3.63. The summed E-state index contributed by atoms with van der Waals surface area (Å²) in [6.07, 6.45) is 7.75. The van der Waals surface area contributed by atoms with Gasteiger partial charge in [-0.1, -0.05) is 17.7 Å². The molecule has 1 aliphatic rings. The number of carbonyl (C=O) groups is 2. The maximum Gasteiger partial charge on any atom is 0.275 e. The third kappa shape index (κ3) is 4.54. The fourth-order valence-corrected chi connectivity index (χ4v) is 4.50. The number of anilines is 1. The van der Waals surface area contributed by atoms with Crippen molar-refractivity contribution in [2.24, 2.45) is 7.05 Å². The van der Waals surface area contributed by atoms with Crippen molar-refractivity contribution in [2.75, 3.05) is 18.9 Å². The number of carbonyl (C=O) groups excluding carboxylic acids is 2. The van der Waals surface area contributed by atoms with Crippen LogP contribution in [-0.2, 0) is 11.8 Å². The molecule has 9 nitrogen and oxygen atoms in total. The van der Waals surface area contributed by atoms with Crippen LogP contribution in [0.5, 0.6) is 0 Å². The second-order valence-electron chi connectivity index (χ2n) is 8.53. The number of aryl methyl sites for hydroxylation is 1. The molecular weight excluding hydrogens is 466 g/mol. The van der Waals surface area contributed by atoms with Crippen molar-refractivity contribution >= 4 is 40.1 Å². The van der Waals surface area contributed by atoms with Gasteiger partial charge in [-0.15, -0.1) is 0 Å². The van der Waals surface area contributed by atoms with Crippen LogP contribution in [0.3, 0.4) is 0 Å². The highest BCUT2D eigenvalue weighted by Gasteiger charge is 2.23. The lowest BCUT2D eigenvalue weighted by Gasteiger charge is -2.26. The highest BCUT2D eigenvalue weighted by atomic mass is 35.5. The molecule has 4 aromatic rings. The molecule has 10 heteroatoms. The maximum atomic E-state index is 13.1. The zero-order chi connectivity index (χ0) is 24.5. The number of pyridine rings is 1. The van der Waals surface area contributed by atoms with Crippen LogP contribution in [0.15, 0.2) is 48.9 Å². The fraction of sp³-hybridized carbons (Fsp3) is 0.240. The number of rotatable bonds is 5. The van der Waals surface area contributed by atoms with Crippen molar-refractivity contribution in [1.82, 2.24) is 29.7 Å². The van der Waals surface area contributed by atoms with Gasteiger partial charge in [-0.05, 0) is 37.1 Å². The summed E-state index contributed by atoms with van der Waals surface area (Å²) in [7, 11) is 1.90. The van der Waals surface area contributed by atoms with E-state index in [1.54, 1.807) is 17.2 Å². The molecular formula is C25H24ClN7O2. The zero-order valence-corrected chi connectivity index (χ0v) is 19.9. The lowest BCUT2D eigenvalue weighted by atomic mass is 10.0. The van der Waals surface area contributed by atoms with Crippen LogP contribution in [0.2, 0.25) is 5.02 Å². The molecule has 0 bridgehead atoms. The van der Waals surface area contributed by atoms with Crippen LogP contribution in [0.4, 0.5) is 5.82 Å². The first-order valence-corrected chi connectivity index (χ1v) is 11.7. The number of likely N-dealkylation sites (tertiary alicyclic amines) is 1. The number of nitrogens with zero attached hydrogens (tertiary/aromatic N) is 5. The van der Waals surface area contributed by atoms with E-state index < -0.39 is 5.91 Å². The molecule has 2 amide bonds. The Kier molecular flexibility index (Phi) is 6.08. The number of fused-ring (bicyclic) bond motifs is 1. The van der Waals surface area contributed by atoms with Crippen LogP contribution in [0.25, 0.3) is 33.4 Å². The summed E-state index contributed by atoms with van der Waals surface area (Å²) >= 11 is 6.54. The highest BCUT2D eigenvalue weighted by molar-refractivity contribution is 6.35. The van der Waals surface area contributed by atoms with E-state index in [4.69, 9.17) is 17.3 Å². The summed E-state index contributed by atoms with van der Waals surface area (Å²) in [6.45, 7) is 0.712. The van der Waals surface area contributed by atoms with Gasteiger partial charge in [0.1, 0.15) is 5.69 Å². The largest absolute Gasteiger partial charge is 0.382 e. The number of amides is 2. The van der Waals surface area contributed by atoms with E-state index in [2.05, 4.69) is 20.3 Å². The van der Waals surface area contributed by atoms with Crippen LogP contribution < -0.4 is 11.1 Å². The third-order valence-electron chi connectivity index (χ3n) is 6.03. The highest BCUT2D eigenvalue weighted by Crippen LogP contribution is 2.35. The van der Waals surface area contributed by atoms with E-state index >= 15 is 0 Å². The zero-order valence-electron chi connectivity index (χ0n) is 19.2. The predicted molar refractivity (Wildman–Crippen MR) is 134 cm³/mol. The third-order valence-corrected chi connectivity index (χ3v) is 6.32. The molecule has 0 aliphatic carbocycles. The number of aromatic nitrogens is 4. The summed E-state index contributed by atoms with van der Waals surface area (Å²) in [5.41, 5.74) is 9.36. The Bertz CT molecular complexity index is 1450. The molecule has 3 aromatic heterocycles. The Morgan fingerprint density at radius 3 is 2.77 bits per heavy atom. The lowest BCUT2D eigenvalue weighted by Crippen LogP contribution is -2.44. The Hall–Kier alpha value is -3.98. The minimum atomic E-state index is -0.497. The first-order valence-electron chi connectivity index (χ1n) is 11.3. The Morgan fingerprint density at radius 2 is 2.00 bits per heavy atom. The molecule has 4 heterocycles. The molecule has 35 heavy (non-hydrogen) atoms. The van der Waals surface area contributed by atoms with Crippen molar-refractivity contribution in [1.29, 1.82) is 0 Å². The van der Waals surface area contributed by atoms with Gasteiger partial charge >= 0.3 is 0 Å². The van der Waals surface area contributed by atoms with Gasteiger partial charge in [0, 0.05) is 55.1 Å². The summed E-state index contributed by atoms with van der Waals surface area (Å²) in [5.74, 6) is -0.471. The first kappa shape index (κ1) is 22.8. The molecule has 0 radical (unpaired) electrons. The van der Waals surface area contributed by atoms with E-state index in [1.165, 1.54) is 0 Å². The number of nitrogens with two attached hydrogens (primary N) is 1. The molecule has 3 N–H and O–H groups in total. The second kappa shape index (κ2) is 9.34. The smallest absolute Gasteiger partial charge is 0.275 e. The molecule has 0 spiro atoms. The standard InChI is InChI=1S/C25H24ClN7O2/c1-32-10-7-16(13-32)21-22(17-11-15-5-4-8-28-20(15)18(26)12-17)30-23(24(27)31-21)25(35)29-14-33-9-3-2-6-19(33)34/h4-5,7-8,10-13H,2-3,6,9,14H2,1H3,(H2,27,31)(H,29,35). The van der Waals surface area contributed by atoms with Gasteiger partial charge in [-0.2, -0.15) is 0 Å². The van der Waals surface area contributed by atoms with Crippen molar-refractivity contribution in [3.8, 4) is 22.5 Å². The van der Waals surface area contributed by atoms with Gasteiger partial charge in [0.15, 0.2) is 11.5 Å². The van der Waals surface area contributed by atoms with Crippen LogP contribution in [0.1, 0.15) is 29.8 Å². The summed E-state index contributed by atoms with van der Waals surface area (Å²) < 4.78 is 1.89. The van der Waals surface area contributed by atoms with Crippen molar-refractivity contribution in [3.63, 3.8) is 0 Å². The minimum absolute atomic E-state index is 0.00336. The van der Waals surface area contributed by atoms with E-state index in [0.717, 1.165) is 23.8 Å². The van der Waals surface area contributed by atoms with Crippen LogP contribution in [-0.4, -0.2) is 49.4 Å². The van der Waals surface area contributed by atoms with Crippen LogP contribution in [0, 0.1) is 0 Å². The minimum Gasteiger partial charge on any atom is -0.382 e. The molecule has 0 atom stereocenters. The van der Waals surface area contributed by atoms with Gasteiger partial charge in [0.25, 0.3) is 5.91 Å². The summed E-state index contributed by atoms with van der Waals surface area (Å²) in [5, 5.41) is 4.07. The Morgan fingerprint density at radius 1 is 1.17 bits per heavy atom. The quantitative estimate of drug-likeness (QED) is 0.442. The fourth-order valence-electron chi connectivity index (χ4n) is 4.23. The van der Waals surface area contributed by atoms with Gasteiger partial charge in [0.2, 0.25) is 5.91 Å². The molecule has 1 saturated heterocycles. The van der Waals surface area contributed by atoms with Gasteiger partial charge in [-0.25, -0.2) is 9.97 Å². The van der Waals surface area contributed by atoms with Crippen molar-refractivity contribution in [2.45, 2.75) is 19.3 Å². The number of nitrogen functional groups attached to an aromatic ring is 1. The summed E-state index contributed by atoms with van der Waals surface area (Å²) in [4.78, 5) is 40.4. The molecule has 178 valence electrons. The molecule has 0 unspecified atom stereocenters. The average Bonchev–Trinajstić information content (AvgIpc) is 3.29. The van der Waals surface area contributed by atoms with Crippen molar-refractivity contribution in [3.05, 3.63) is 59.6 Å². The number of benzene rings is 1. The van der Waals surface area contributed by atoms with Gasteiger partial charge < -0.3 is 20.5 Å². The topological polar surface area (TPSA) is 119 Å². The van der Waals surface area contributed by atoms with E-state index in [1.807, 2.05) is 48.3 Å². The normalized spacial score (nSPS) is 13.9. The monoisotopic (exact) mass is 489 g/mol. The molecule has 5 rings (SSSR count). The number of piperidine rings is 1. The second-order valence-corrected chi connectivity index (χ2v) is 8.94. The van der Waals surface area contributed by atoms with E-state index in [9.17, 15) is 9.59 Å². The summed E-state index contributed by atoms with van der Waals surface area (Å²) in [6, 6.07) is 9.31. The maximum absolute atomic E-state index is 13.1. The number of nitrogens with one attached hydrogen (secondary N) is 1. The molecule has 1 aliphatic heterocycles. The molecule has 0 saturated carbocycles. The number of halogens is 1. The van der Waals surface area contributed by atoms with E-state index in [0.29, 0.717) is 40.5 Å². The van der Waals surface area contributed by atoms with Gasteiger partial charge in [0.05, 0.1) is 22.9 Å². The number of hydrogen-bond acceptors (Lipinski definition) is 6.